The van der Waals surface area contributed by atoms with Crippen molar-refractivity contribution in [3.8, 4) is 5.95 Å². The zero-order valence-electron chi connectivity index (χ0n) is 10.7. The molecule has 0 saturated carbocycles. The van der Waals surface area contributed by atoms with Gasteiger partial charge in [-0.25, -0.2) is 4.79 Å². The molecule has 1 unspecified atom stereocenters. The number of hydrogen-bond donors (Lipinski definition) is 2. The van der Waals surface area contributed by atoms with Crippen molar-refractivity contribution in [2.24, 2.45) is 0 Å². The van der Waals surface area contributed by atoms with Crippen molar-refractivity contribution < 1.29 is 19.1 Å². The zero-order valence-corrected chi connectivity index (χ0v) is 10.7. The van der Waals surface area contributed by atoms with Crippen LogP contribution in [0.5, 0.6) is 5.95 Å². The maximum Gasteiger partial charge on any atom is 0.405 e. The summed E-state index contributed by atoms with van der Waals surface area (Å²) in [5.74, 6) is 0.842. The fraction of sp³-hybridized carbons (Fsp3) is 0.214. The molecule has 1 amide bonds. The van der Waals surface area contributed by atoms with Crippen LogP contribution in [0.15, 0.2) is 40.8 Å². The molecule has 2 rings (SSSR count). The maximum absolute atomic E-state index is 11.0. The molecule has 1 atom stereocenters. The Hall–Kier alpha value is -2.43. The average Bonchev–Trinajstić information content (AvgIpc) is 2.85. The number of ether oxygens (including phenoxy) is 1. The third kappa shape index (κ3) is 2.88. The summed E-state index contributed by atoms with van der Waals surface area (Å²) in [6, 6.07) is 10.4. The molecule has 0 saturated heterocycles. The molecule has 19 heavy (non-hydrogen) atoms. The Morgan fingerprint density at radius 3 is 2.63 bits per heavy atom. The smallest absolute Gasteiger partial charge is 0.405 e. The molecule has 0 fully saturated rings. The van der Waals surface area contributed by atoms with E-state index >= 15 is 0 Å². The number of carbonyl (C=O) groups is 1. The predicted molar refractivity (Wildman–Crippen MR) is 69.4 cm³/mol. The van der Waals surface area contributed by atoms with Gasteiger partial charge in [0, 0.05) is 6.07 Å². The molecule has 1 aromatic heterocycles. The Labute approximate surface area is 110 Å². The maximum atomic E-state index is 11.0. The number of benzene rings is 1. The van der Waals surface area contributed by atoms with Crippen molar-refractivity contribution in [3.63, 3.8) is 0 Å². The molecular formula is C14H15NO4. The van der Waals surface area contributed by atoms with Gasteiger partial charge in [0.1, 0.15) is 11.8 Å². The van der Waals surface area contributed by atoms with Crippen LogP contribution in [-0.2, 0) is 0 Å². The lowest BCUT2D eigenvalue weighted by Crippen LogP contribution is -2.27. The standard InChI is InChI=1S/C14H15NO4/c1-9-5-3-4-6-10(9)13(15-14(16)17)11-7-8-12(18-2)19-11/h3-8,13,15H,1-2H3,(H,16,17). The lowest BCUT2D eigenvalue weighted by atomic mass is 9.99. The molecule has 0 aliphatic heterocycles. The molecule has 1 heterocycles. The van der Waals surface area contributed by atoms with E-state index < -0.39 is 12.1 Å². The molecule has 0 bridgehead atoms. The van der Waals surface area contributed by atoms with Gasteiger partial charge in [0.25, 0.3) is 5.95 Å². The first-order valence-corrected chi connectivity index (χ1v) is 5.80. The molecule has 100 valence electrons. The fourth-order valence-electron chi connectivity index (χ4n) is 1.94. The summed E-state index contributed by atoms with van der Waals surface area (Å²) in [4.78, 5) is 11.0. The summed E-state index contributed by atoms with van der Waals surface area (Å²) in [6.45, 7) is 1.92. The Kier molecular flexibility index (Phi) is 3.75. The third-order valence-corrected chi connectivity index (χ3v) is 2.86. The molecule has 0 aliphatic carbocycles. The van der Waals surface area contributed by atoms with Gasteiger partial charge < -0.3 is 19.6 Å². The predicted octanol–water partition coefficient (Wildman–Crippen LogP) is 2.95. The van der Waals surface area contributed by atoms with E-state index in [0.29, 0.717) is 11.7 Å². The SMILES string of the molecule is COc1ccc(C(NC(=O)O)c2ccccc2C)o1. The van der Waals surface area contributed by atoms with Crippen LogP contribution in [0.2, 0.25) is 0 Å². The molecule has 0 aliphatic rings. The number of methoxy groups -OCH3 is 1. The Bertz CT molecular complexity index is 576. The Balaban J connectivity index is 2.41. The van der Waals surface area contributed by atoms with Crippen molar-refractivity contribution in [2.75, 3.05) is 7.11 Å². The van der Waals surface area contributed by atoms with Crippen LogP contribution in [0.4, 0.5) is 4.79 Å². The highest BCUT2D eigenvalue weighted by atomic mass is 16.6. The minimum absolute atomic E-state index is 0.348. The molecule has 5 heteroatoms. The first-order chi connectivity index (χ1) is 9.11. The second-order valence-corrected chi connectivity index (χ2v) is 4.10. The van der Waals surface area contributed by atoms with Crippen molar-refractivity contribution >= 4 is 6.09 Å². The van der Waals surface area contributed by atoms with E-state index in [4.69, 9.17) is 14.3 Å². The van der Waals surface area contributed by atoms with Crippen molar-refractivity contribution in [3.05, 3.63) is 53.3 Å². The molecule has 5 nitrogen and oxygen atoms in total. The highest BCUT2D eigenvalue weighted by Gasteiger charge is 2.21. The highest BCUT2D eigenvalue weighted by molar-refractivity contribution is 5.66. The topological polar surface area (TPSA) is 71.7 Å². The van der Waals surface area contributed by atoms with E-state index in [0.717, 1.165) is 11.1 Å². The average molecular weight is 261 g/mol. The van der Waals surface area contributed by atoms with Gasteiger partial charge in [-0.3, -0.25) is 0 Å². The number of aryl methyl sites for hydroxylation is 1. The number of carboxylic acid groups (broad SMARTS) is 1. The van der Waals surface area contributed by atoms with E-state index in [1.165, 1.54) is 7.11 Å². The Morgan fingerprint density at radius 1 is 1.32 bits per heavy atom. The van der Waals surface area contributed by atoms with Crippen molar-refractivity contribution in [1.82, 2.24) is 5.32 Å². The normalized spacial score (nSPS) is 11.9. The number of nitrogens with one attached hydrogen (secondary N) is 1. The first-order valence-electron chi connectivity index (χ1n) is 5.80. The largest absolute Gasteiger partial charge is 0.468 e. The second kappa shape index (κ2) is 5.48. The van der Waals surface area contributed by atoms with Gasteiger partial charge in [-0.1, -0.05) is 24.3 Å². The fourth-order valence-corrected chi connectivity index (χ4v) is 1.94. The van der Waals surface area contributed by atoms with Gasteiger partial charge in [0.15, 0.2) is 0 Å². The Morgan fingerprint density at radius 2 is 2.05 bits per heavy atom. The van der Waals surface area contributed by atoms with Gasteiger partial charge in [-0.05, 0) is 24.1 Å². The van der Waals surface area contributed by atoms with E-state index in [9.17, 15) is 4.79 Å². The van der Waals surface area contributed by atoms with Gasteiger partial charge >= 0.3 is 6.09 Å². The van der Waals surface area contributed by atoms with Crippen LogP contribution in [0, 0.1) is 6.92 Å². The summed E-state index contributed by atoms with van der Waals surface area (Å²) < 4.78 is 10.4. The van der Waals surface area contributed by atoms with Crippen LogP contribution in [0.25, 0.3) is 0 Å². The molecule has 2 N–H and O–H groups in total. The molecule has 2 aromatic rings. The molecule has 1 aromatic carbocycles. The van der Waals surface area contributed by atoms with Crippen LogP contribution in [-0.4, -0.2) is 18.3 Å². The van der Waals surface area contributed by atoms with Gasteiger partial charge in [-0.15, -0.1) is 0 Å². The number of hydrogen-bond acceptors (Lipinski definition) is 3. The summed E-state index contributed by atoms with van der Waals surface area (Å²) in [5, 5.41) is 11.4. The van der Waals surface area contributed by atoms with E-state index in [1.807, 2.05) is 31.2 Å². The lowest BCUT2D eigenvalue weighted by molar-refractivity contribution is 0.189. The first kappa shape index (κ1) is 13.0. The second-order valence-electron chi connectivity index (χ2n) is 4.10. The van der Waals surface area contributed by atoms with Crippen LogP contribution >= 0.6 is 0 Å². The number of rotatable bonds is 4. The van der Waals surface area contributed by atoms with Gasteiger partial charge in [0.2, 0.25) is 0 Å². The van der Waals surface area contributed by atoms with Gasteiger partial charge in [0.05, 0.1) is 7.11 Å². The molecular weight excluding hydrogens is 246 g/mol. The summed E-state index contributed by atoms with van der Waals surface area (Å²) >= 11 is 0. The quantitative estimate of drug-likeness (QED) is 0.887. The van der Waals surface area contributed by atoms with E-state index in [2.05, 4.69) is 5.32 Å². The molecule has 0 spiro atoms. The minimum atomic E-state index is -1.11. The minimum Gasteiger partial charge on any atom is -0.468 e. The third-order valence-electron chi connectivity index (χ3n) is 2.86. The summed E-state index contributed by atoms with van der Waals surface area (Å²) in [5.41, 5.74) is 1.83. The van der Waals surface area contributed by atoms with Crippen LogP contribution in [0.1, 0.15) is 22.9 Å². The van der Waals surface area contributed by atoms with E-state index in [-0.39, 0.29) is 0 Å². The molecule has 0 radical (unpaired) electrons. The lowest BCUT2D eigenvalue weighted by Gasteiger charge is -2.17. The summed E-state index contributed by atoms with van der Waals surface area (Å²) in [6.07, 6.45) is -1.11. The van der Waals surface area contributed by atoms with Crippen molar-refractivity contribution in [2.45, 2.75) is 13.0 Å². The highest BCUT2D eigenvalue weighted by Crippen LogP contribution is 2.28. The monoisotopic (exact) mass is 261 g/mol. The van der Waals surface area contributed by atoms with Crippen LogP contribution < -0.4 is 10.1 Å². The van der Waals surface area contributed by atoms with E-state index in [1.54, 1.807) is 12.1 Å². The number of amides is 1. The van der Waals surface area contributed by atoms with Crippen molar-refractivity contribution in [1.29, 1.82) is 0 Å². The number of furan rings is 1. The van der Waals surface area contributed by atoms with Gasteiger partial charge in [-0.2, -0.15) is 0 Å². The van der Waals surface area contributed by atoms with Crippen LogP contribution in [0.3, 0.4) is 0 Å². The zero-order chi connectivity index (χ0) is 13.8. The summed E-state index contributed by atoms with van der Waals surface area (Å²) in [7, 11) is 1.50.